The Morgan fingerprint density at radius 2 is 1.89 bits per heavy atom. The fourth-order valence-electron chi connectivity index (χ4n) is 2.85. The van der Waals surface area contributed by atoms with Gasteiger partial charge in [0.25, 0.3) is 0 Å². The van der Waals surface area contributed by atoms with E-state index in [4.69, 9.17) is 4.98 Å². The molecule has 0 aromatic carbocycles. The van der Waals surface area contributed by atoms with E-state index >= 15 is 0 Å². The molecule has 0 spiro atoms. The number of thiazole rings is 1. The molecule has 0 unspecified atom stereocenters. The Morgan fingerprint density at radius 1 is 1.26 bits per heavy atom. The Hall–Kier alpha value is -0.410. The van der Waals surface area contributed by atoms with Gasteiger partial charge in [0, 0.05) is 17.3 Å². The molecule has 3 rings (SSSR count). The second-order valence-electron chi connectivity index (χ2n) is 7.35. The zero-order valence-corrected chi connectivity index (χ0v) is 13.2. The summed E-state index contributed by atoms with van der Waals surface area (Å²) in [6, 6.07) is 0. The molecule has 0 aliphatic heterocycles. The van der Waals surface area contributed by atoms with E-state index in [1.165, 1.54) is 42.9 Å². The second kappa shape index (κ2) is 5.17. The minimum atomic E-state index is 0.180. The summed E-state index contributed by atoms with van der Waals surface area (Å²) in [6.45, 7) is 8.86. The number of rotatable bonds is 6. The second-order valence-corrected chi connectivity index (χ2v) is 8.29. The predicted molar refractivity (Wildman–Crippen MR) is 81.5 cm³/mol. The lowest BCUT2D eigenvalue weighted by molar-refractivity contribution is 0.378. The normalized spacial score (nSPS) is 20.2. The maximum atomic E-state index is 4.76. The standard InChI is InChI=1S/C16H26N2S/c1-16(2,3)14-10-19-15(18-14)9-17-8-13(11-4-5-11)12-6-7-12/h10-13,17H,4-9H2,1-3H3. The first-order valence-corrected chi connectivity index (χ1v) is 8.57. The Labute approximate surface area is 121 Å². The molecule has 3 heteroatoms. The Bertz CT molecular complexity index is 412. The lowest BCUT2D eigenvalue weighted by Gasteiger charge is -2.16. The molecule has 1 heterocycles. The molecule has 2 fully saturated rings. The van der Waals surface area contributed by atoms with Crippen LogP contribution in [0.5, 0.6) is 0 Å². The van der Waals surface area contributed by atoms with Gasteiger partial charge in [0.1, 0.15) is 5.01 Å². The van der Waals surface area contributed by atoms with Crippen LogP contribution in [0.15, 0.2) is 5.38 Å². The van der Waals surface area contributed by atoms with Gasteiger partial charge in [-0.1, -0.05) is 20.8 Å². The monoisotopic (exact) mass is 278 g/mol. The third-order valence-electron chi connectivity index (χ3n) is 4.43. The van der Waals surface area contributed by atoms with Crippen LogP contribution in [0.2, 0.25) is 0 Å². The van der Waals surface area contributed by atoms with Crippen molar-refractivity contribution in [3.63, 3.8) is 0 Å². The summed E-state index contributed by atoms with van der Waals surface area (Å²) in [5, 5.41) is 7.12. The molecule has 2 nitrogen and oxygen atoms in total. The fourth-order valence-corrected chi connectivity index (χ4v) is 3.84. The van der Waals surface area contributed by atoms with Crippen molar-refractivity contribution in [2.75, 3.05) is 6.54 Å². The molecule has 2 aliphatic rings. The zero-order chi connectivity index (χ0) is 13.5. The molecule has 0 bridgehead atoms. The first-order chi connectivity index (χ1) is 9.04. The maximum Gasteiger partial charge on any atom is 0.107 e. The molecule has 1 N–H and O–H groups in total. The van der Waals surface area contributed by atoms with Gasteiger partial charge in [0.2, 0.25) is 0 Å². The van der Waals surface area contributed by atoms with E-state index in [1.807, 2.05) is 0 Å². The van der Waals surface area contributed by atoms with Gasteiger partial charge in [-0.3, -0.25) is 0 Å². The largest absolute Gasteiger partial charge is 0.310 e. The number of hydrogen-bond donors (Lipinski definition) is 1. The van der Waals surface area contributed by atoms with E-state index in [-0.39, 0.29) is 5.41 Å². The first kappa shape index (κ1) is 13.6. The van der Waals surface area contributed by atoms with Crippen LogP contribution in [0.25, 0.3) is 0 Å². The van der Waals surface area contributed by atoms with Crippen molar-refractivity contribution in [2.45, 2.75) is 58.4 Å². The first-order valence-electron chi connectivity index (χ1n) is 7.69. The summed E-state index contributed by atoms with van der Waals surface area (Å²) >= 11 is 1.80. The van der Waals surface area contributed by atoms with E-state index < -0.39 is 0 Å². The van der Waals surface area contributed by atoms with E-state index in [0.717, 1.165) is 24.3 Å². The lowest BCUT2D eigenvalue weighted by atomic mass is 9.93. The molecule has 0 radical (unpaired) electrons. The van der Waals surface area contributed by atoms with Crippen molar-refractivity contribution < 1.29 is 0 Å². The van der Waals surface area contributed by atoms with Crippen molar-refractivity contribution in [3.05, 3.63) is 16.1 Å². The van der Waals surface area contributed by atoms with Crippen LogP contribution in [0.3, 0.4) is 0 Å². The van der Waals surface area contributed by atoms with Crippen molar-refractivity contribution in [1.29, 1.82) is 0 Å². The summed E-state index contributed by atoms with van der Waals surface area (Å²) in [5.74, 6) is 3.05. The minimum Gasteiger partial charge on any atom is -0.310 e. The highest BCUT2D eigenvalue weighted by molar-refractivity contribution is 7.09. The Balaban J connectivity index is 1.47. The number of nitrogens with zero attached hydrogens (tertiary/aromatic N) is 1. The Kier molecular flexibility index (Phi) is 3.69. The molecule has 0 saturated heterocycles. The zero-order valence-electron chi connectivity index (χ0n) is 12.4. The SMILES string of the molecule is CC(C)(C)c1csc(CNCC(C2CC2)C2CC2)n1. The van der Waals surface area contributed by atoms with Gasteiger partial charge in [0.05, 0.1) is 5.69 Å². The van der Waals surface area contributed by atoms with Crippen LogP contribution in [0, 0.1) is 17.8 Å². The third kappa shape index (κ3) is 3.57. The summed E-state index contributed by atoms with van der Waals surface area (Å²) < 4.78 is 0. The van der Waals surface area contributed by atoms with Crippen molar-refractivity contribution >= 4 is 11.3 Å². The van der Waals surface area contributed by atoms with Gasteiger partial charge in [-0.2, -0.15) is 0 Å². The van der Waals surface area contributed by atoms with Gasteiger partial charge in [0.15, 0.2) is 0 Å². The number of aromatic nitrogens is 1. The van der Waals surface area contributed by atoms with Crippen molar-refractivity contribution in [3.8, 4) is 0 Å². The minimum absolute atomic E-state index is 0.180. The lowest BCUT2D eigenvalue weighted by Crippen LogP contribution is -2.25. The van der Waals surface area contributed by atoms with E-state index in [1.54, 1.807) is 11.3 Å². The molecule has 19 heavy (non-hydrogen) atoms. The molecule has 0 atom stereocenters. The highest BCUT2D eigenvalue weighted by atomic mass is 32.1. The number of hydrogen-bond acceptors (Lipinski definition) is 3. The van der Waals surface area contributed by atoms with Gasteiger partial charge in [-0.15, -0.1) is 11.3 Å². The average molecular weight is 278 g/mol. The molecule has 2 saturated carbocycles. The molecule has 1 aromatic heterocycles. The molecular formula is C16H26N2S. The van der Waals surface area contributed by atoms with Crippen LogP contribution >= 0.6 is 11.3 Å². The van der Waals surface area contributed by atoms with E-state index in [9.17, 15) is 0 Å². The highest BCUT2D eigenvalue weighted by Crippen LogP contribution is 2.48. The fraction of sp³-hybridized carbons (Fsp3) is 0.812. The van der Waals surface area contributed by atoms with Crippen LogP contribution in [-0.2, 0) is 12.0 Å². The van der Waals surface area contributed by atoms with Gasteiger partial charge < -0.3 is 5.32 Å². The Morgan fingerprint density at radius 3 is 2.37 bits per heavy atom. The van der Waals surface area contributed by atoms with Gasteiger partial charge in [-0.25, -0.2) is 4.98 Å². The topological polar surface area (TPSA) is 24.9 Å². The summed E-state index contributed by atoms with van der Waals surface area (Å²) in [6.07, 6.45) is 5.92. The predicted octanol–water partition coefficient (Wildman–Crippen LogP) is 3.97. The average Bonchev–Trinajstić information content (AvgIpc) is 3.24. The summed E-state index contributed by atoms with van der Waals surface area (Å²) in [5.41, 5.74) is 1.41. The van der Waals surface area contributed by atoms with Crippen molar-refractivity contribution in [2.24, 2.45) is 17.8 Å². The molecular weight excluding hydrogens is 252 g/mol. The van der Waals surface area contributed by atoms with E-state index in [2.05, 4.69) is 31.5 Å². The summed E-state index contributed by atoms with van der Waals surface area (Å²) in [7, 11) is 0. The van der Waals surface area contributed by atoms with Gasteiger partial charge >= 0.3 is 0 Å². The molecule has 2 aliphatic carbocycles. The van der Waals surface area contributed by atoms with Gasteiger partial charge in [-0.05, 0) is 50.0 Å². The third-order valence-corrected chi connectivity index (χ3v) is 5.28. The maximum absolute atomic E-state index is 4.76. The molecule has 1 aromatic rings. The van der Waals surface area contributed by atoms with Crippen LogP contribution in [-0.4, -0.2) is 11.5 Å². The smallest absolute Gasteiger partial charge is 0.107 e. The van der Waals surface area contributed by atoms with Crippen LogP contribution < -0.4 is 5.32 Å². The van der Waals surface area contributed by atoms with Crippen LogP contribution in [0.4, 0.5) is 0 Å². The van der Waals surface area contributed by atoms with E-state index in [0.29, 0.717) is 0 Å². The van der Waals surface area contributed by atoms with Crippen molar-refractivity contribution in [1.82, 2.24) is 10.3 Å². The summed E-state index contributed by atoms with van der Waals surface area (Å²) in [4.78, 5) is 4.76. The molecule has 0 amide bonds. The quantitative estimate of drug-likeness (QED) is 0.852. The highest BCUT2D eigenvalue weighted by Gasteiger charge is 2.40. The van der Waals surface area contributed by atoms with Crippen LogP contribution in [0.1, 0.15) is 57.2 Å². The number of nitrogens with one attached hydrogen (secondary N) is 1. The molecule has 106 valence electrons.